The van der Waals surface area contributed by atoms with Gasteiger partial charge in [0.25, 0.3) is 0 Å². The van der Waals surface area contributed by atoms with Gasteiger partial charge in [-0.1, -0.05) is 133 Å². The van der Waals surface area contributed by atoms with E-state index in [9.17, 15) is 30.0 Å². The summed E-state index contributed by atoms with van der Waals surface area (Å²) in [6.45, 7) is 1.57. The Balaban J connectivity index is 0.000000470. The topological polar surface area (TPSA) is 120 Å². The van der Waals surface area contributed by atoms with E-state index in [1.54, 1.807) is 24.3 Å². The van der Waals surface area contributed by atoms with E-state index in [0.29, 0.717) is 24.8 Å². The van der Waals surface area contributed by atoms with Gasteiger partial charge in [-0.25, -0.2) is 16.8 Å². The molecule has 0 unspecified atom stereocenters. The van der Waals surface area contributed by atoms with E-state index < -0.39 is 37.6 Å². The Hall–Kier alpha value is -2.93. The summed E-state index contributed by atoms with van der Waals surface area (Å²) in [5, 5.41) is 0. The van der Waals surface area contributed by atoms with E-state index in [-0.39, 0.29) is 38.3 Å². The number of rotatable bonds is 12. The summed E-state index contributed by atoms with van der Waals surface area (Å²) in [6, 6.07) is 32.7. The molecule has 0 amide bonds. The Kier molecular flexibility index (Phi) is 17.0. The van der Waals surface area contributed by atoms with Crippen molar-refractivity contribution in [1.82, 2.24) is 0 Å². The molecule has 0 aliphatic rings. The van der Waals surface area contributed by atoms with Crippen LogP contribution in [0.4, 0.5) is 13.2 Å². The summed E-state index contributed by atoms with van der Waals surface area (Å²) >= 11 is 0. The molecule has 46 heavy (non-hydrogen) atoms. The van der Waals surface area contributed by atoms with Gasteiger partial charge in [0, 0.05) is 4.90 Å². The largest absolute Gasteiger partial charge is 4.00 e. The van der Waals surface area contributed by atoms with Crippen LogP contribution in [0.2, 0.25) is 0 Å². The molecule has 0 aromatic heterocycles. The van der Waals surface area contributed by atoms with E-state index in [0.717, 1.165) is 16.7 Å². The number of hydrogen-bond acceptors (Lipinski definition) is 4. The standard InChI is InChI=1S/C21H20N2O2S.C11H13F3NO2S.CH3.Ru/c1-16-12-14-19(15-13-16)26(24,25)23-21(18-10-6-3-7-11-18)20(22)17-8-4-2-5-9-17;12-11(13,14)18(16,17)15-9-5-4-8-10-6-2-1-3-7-10;;/h2-15,20-22H,1H3;1-3,6-7H,4-5,8-9H2;1H3;/q-2;2*-1;+4/t20-,21-;;;/m1.../s1. The Bertz CT molecular complexity index is 1650. The van der Waals surface area contributed by atoms with Gasteiger partial charge in [0.05, 0.1) is 0 Å². The van der Waals surface area contributed by atoms with Crippen LogP contribution in [0, 0.1) is 14.4 Å². The molecule has 2 atom stereocenters. The second-order valence-electron chi connectivity index (χ2n) is 9.85. The van der Waals surface area contributed by atoms with Gasteiger partial charge in [-0.2, -0.15) is 13.2 Å². The summed E-state index contributed by atoms with van der Waals surface area (Å²) in [4.78, 5) is 0.143. The first-order chi connectivity index (χ1) is 20.8. The van der Waals surface area contributed by atoms with Crippen molar-refractivity contribution in [1.29, 1.82) is 0 Å². The molecule has 13 heteroatoms. The van der Waals surface area contributed by atoms with Crippen molar-refractivity contribution in [3.63, 3.8) is 0 Å². The van der Waals surface area contributed by atoms with Gasteiger partial charge in [-0.05, 0) is 31.0 Å². The predicted octanol–water partition coefficient (Wildman–Crippen LogP) is 9.27. The molecule has 0 radical (unpaired) electrons. The van der Waals surface area contributed by atoms with Crippen molar-refractivity contribution in [2.75, 3.05) is 6.54 Å². The number of aryl methyl sites for hydroxylation is 2. The monoisotopic (exact) mass is 761 g/mol. The van der Waals surface area contributed by atoms with E-state index in [1.165, 1.54) is 0 Å². The van der Waals surface area contributed by atoms with Crippen LogP contribution in [0.15, 0.2) is 120 Å². The quantitative estimate of drug-likeness (QED) is 0.0812. The average Bonchev–Trinajstić information content (AvgIpc) is 3.01. The van der Waals surface area contributed by atoms with Crippen molar-refractivity contribution in [3.8, 4) is 0 Å². The molecular weight excluding hydrogens is 725 g/mol. The number of sulfonamides is 2. The molecule has 7 nitrogen and oxygen atoms in total. The van der Waals surface area contributed by atoms with Gasteiger partial charge in [0.1, 0.15) is 10.0 Å². The minimum atomic E-state index is -5.32. The maximum Gasteiger partial charge on any atom is 4.00 e. The fourth-order valence-corrected chi connectivity index (χ4v) is 5.73. The summed E-state index contributed by atoms with van der Waals surface area (Å²) in [5.74, 6) is 0. The normalized spacial score (nSPS) is 12.8. The van der Waals surface area contributed by atoms with Gasteiger partial charge >= 0.3 is 25.0 Å². The molecule has 0 bridgehead atoms. The van der Waals surface area contributed by atoms with Crippen LogP contribution in [0.5, 0.6) is 0 Å². The molecule has 248 valence electrons. The number of nitrogens with one attached hydrogen (secondary N) is 1. The van der Waals surface area contributed by atoms with E-state index in [2.05, 4.69) is 9.44 Å². The van der Waals surface area contributed by atoms with E-state index in [4.69, 9.17) is 5.73 Å². The van der Waals surface area contributed by atoms with Crippen molar-refractivity contribution in [2.24, 2.45) is 0 Å². The Labute approximate surface area is 283 Å². The van der Waals surface area contributed by atoms with Crippen molar-refractivity contribution < 1.29 is 49.5 Å². The molecule has 1 N–H and O–H groups in total. The third-order valence-electron chi connectivity index (χ3n) is 6.46. The molecule has 4 aromatic rings. The van der Waals surface area contributed by atoms with E-state index >= 15 is 0 Å². The molecule has 0 fully saturated rings. The third kappa shape index (κ3) is 12.7. The summed E-state index contributed by atoms with van der Waals surface area (Å²) < 4.78 is 89.4. The minimum absolute atomic E-state index is 0. The smallest absolute Gasteiger partial charge is 0.672 e. The summed E-state index contributed by atoms with van der Waals surface area (Å²) in [5.41, 5.74) is 6.81. The SMILES string of the molecule is Cc1ccc(S(=O)(=O)[N-][C@H](c2ccccc2)[C@H]([NH-])c2ccccc2)cc1.O=S(=O)([N-]CCCCc1ccccc1)C(F)(F)F.[CH3-].[Ru+4]. The number of halogens is 3. The molecule has 0 aliphatic carbocycles. The van der Waals surface area contributed by atoms with Gasteiger partial charge in [0.15, 0.2) is 10.0 Å². The molecular formula is C33H36F3N3O4RuS2. The Morgan fingerprint density at radius 1 is 0.717 bits per heavy atom. The zero-order chi connectivity index (χ0) is 32.2. The van der Waals surface area contributed by atoms with Crippen LogP contribution in [0.25, 0.3) is 15.2 Å². The molecule has 4 rings (SSSR count). The van der Waals surface area contributed by atoms with Crippen LogP contribution >= 0.6 is 0 Å². The van der Waals surface area contributed by atoms with Crippen molar-refractivity contribution >= 4 is 20.0 Å². The summed E-state index contributed by atoms with van der Waals surface area (Å²) in [6.07, 6.45) is 1.60. The predicted molar refractivity (Wildman–Crippen MR) is 173 cm³/mol. The fraction of sp³-hybridized carbons (Fsp3) is 0.242. The number of alkyl halides is 3. The number of benzene rings is 4. The fourth-order valence-electron chi connectivity index (χ4n) is 4.07. The van der Waals surface area contributed by atoms with Crippen molar-refractivity contribution in [3.05, 3.63) is 160 Å². The average molecular weight is 761 g/mol. The molecule has 0 heterocycles. The van der Waals surface area contributed by atoms with Crippen LogP contribution < -0.4 is 0 Å². The minimum Gasteiger partial charge on any atom is -0.672 e. The Morgan fingerprint density at radius 2 is 1.20 bits per heavy atom. The first-order valence-electron chi connectivity index (χ1n) is 13.7. The second kappa shape index (κ2) is 19.0. The number of nitrogens with zero attached hydrogens (tertiary/aromatic N) is 2. The zero-order valence-corrected chi connectivity index (χ0v) is 28.7. The molecule has 0 saturated heterocycles. The summed E-state index contributed by atoms with van der Waals surface area (Å²) in [7, 11) is -9.19. The van der Waals surface area contributed by atoms with Gasteiger partial charge < -0.3 is 22.6 Å². The first kappa shape index (κ1) is 41.1. The second-order valence-corrected chi connectivity index (χ2v) is 13.2. The van der Waals surface area contributed by atoms with Gasteiger partial charge in [0.2, 0.25) is 0 Å². The number of hydrogen-bond donors (Lipinski definition) is 0. The zero-order valence-electron chi connectivity index (χ0n) is 25.3. The molecule has 0 aliphatic heterocycles. The van der Waals surface area contributed by atoms with Crippen LogP contribution in [-0.2, 0) is 45.9 Å². The number of unbranched alkanes of at least 4 members (excludes halogenated alkanes) is 1. The van der Waals surface area contributed by atoms with Gasteiger partial charge in [-0.15, -0.1) is 18.6 Å². The third-order valence-corrected chi connectivity index (χ3v) is 8.94. The molecule has 0 saturated carbocycles. The van der Waals surface area contributed by atoms with Gasteiger partial charge in [-0.3, -0.25) is 0 Å². The maximum atomic E-state index is 12.8. The maximum absolute atomic E-state index is 12.8. The van der Waals surface area contributed by atoms with Crippen LogP contribution in [-0.4, -0.2) is 28.9 Å². The Morgan fingerprint density at radius 3 is 1.70 bits per heavy atom. The van der Waals surface area contributed by atoms with E-state index in [1.807, 2.05) is 97.9 Å². The first-order valence-corrected chi connectivity index (χ1v) is 16.6. The van der Waals surface area contributed by atoms with Crippen LogP contribution in [0.1, 0.15) is 47.2 Å². The molecule has 0 spiro atoms. The van der Waals surface area contributed by atoms with Crippen molar-refractivity contribution in [2.45, 2.75) is 48.7 Å². The molecule has 4 aromatic carbocycles. The van der Waals surface area contributed by atoms with Crippen LogP contribution in [0.3, 0.4) is 0 Å².